The first-order valence-electron chi connectivity index (χ1n) is 8.48. The van der Waals surface area contributed by atoms with E-state index in [1.165, 1.54) is 0 Å². The number of nitrogens with zero attached hydrogens (tertiary/aromatic N) is 3. The van der Waals surface area contributed by atoms with Crippen molar-refractivity contribution in [1.29, 1.82) is 0 Å². The number of rotatable bonds is 5. The molecule has 162 valence electrons. The highest BCUT2D eigenvalue weighted by atomic mass is 32.2. The Morgan fingerprint density at radius 3 is 2.00 bits per heavy atom. The maximum Gasteiger partial charge on any atom is 0.416 e. The summed E-state index contributed by atoms with van der Waals surface area (Å²) >= 11 is 0.929. The molecule has 0 atom stereocenters. The molecule has 5 nitrogen and oxygen atoms in total. The number of halogens is 6. The molecule has 2 heterocycles. The number of alkyl halides is 6. The molecule has 3 aromatic rings. The Morgan fingerprint density at radius 2 is 1.48 bits per heavy atom. The fourth-order valence-corrected chi connectivity index (χ4v) is 3.05. The molecule has 0 bridgehead atoms. The van der Waals surface area contributed by atoms with Crippen LogP contribution in [0.2, 0.25) is 0 Å². The minimum Gasteiger partial charge on any atom is -0.325 e. The van der Waals surface area contributed by atoms with Crippen molar-refractivity contribution in [1.82, 2.24) is 15.2 Å². The standard InChI is InChI=1S/C19H12F6N4OS/c20-18(21,22)12-7-13(19(23,24)25)9-14(8-12)27-16(30)10-31-17-2-1-15(28-29-17)11-3-5-26-6-4-11/h1-9H,10H2,(H,27,30). The van der Waals surface area contributed by atoms with Gasteiger partial charge < -0.3 is 5.32 Å². The Hall–Kier alpha value is -3.15. The number of anilines is 1. The van der Waals surface area contributed by atoms with E-state index in [-0.39, 0.29) is 11.8 Å². The van der Waals surface area contributed by atoms with Crippen molar-refractivity contribution >= 4 is 23.4 Å². The van der Waals surface area contributed by atoms with Crippen LogP contribution in [0.5, 0.6) is 0 Å². The summed E-state index contributed by atoms with van der Waals surface area (Å²) in [6, 6.07) is 7.59. The molecule has 3 rings (SSSR count). The first-order chi connectivity index (χ1) is 14.5. The van der Waals surface area contributed by atoms with Crippen molar-refractivity contribution in [2.75, 3.05) is 11.1 Å². The topological polar surface area (TPSA) is 67.8 Å². The van der Waals surface area contributed by atoms with Crippen LogP contribution < -0.4 is 5.32 Å². The van der Waals surface area contributed by atoms with Gasteiger partial charge >= 0.3 is 12.4 Å². The number of hydrogen-bond acceptors (Lipinski definition) is 5. The molecule has 1 aromatic carbocycles. The van der Waals surface area contributed by atoms with Gasteiger partial charge in [0.15, 0.2) is 0 Å². The van der Waals surface area contributed by atoms with Gasteiger partial charge in [-0.15, -0.1) is 10.2 Å². The summed E-state index contributed by atoms with van der Waals surface area (Å²) in [7, 11) is 0. The molecule has 0 aliphatic heterocycles. The lowest BCUT2D eigenvalue weighted by Crippen LogP contribution is -2.17. The Balaban J connectivity index is 1.67. The summed E-state index contributed by atoms with van der Waals surface area (Å²) in [6.45, 7) is 0. The van der Waals surface area contributed by atoms with E-state index in [1.54, 1.807) is 36.7 Å². The van der Waals surface area contributed by atoms with E-state index in [1.807, 2.05) is 0 Å². The van der Waals surface area contributed by atoms with Gasteiger partial charge in [0, 0.05) is 23.6 Å². The molecule has 0 saturated carbocycles. The van der Waals surface area contributed by atoms with E-state index in [9.17, 15) is 31.1 Å². The van der Waals surface area contributed by atoms with Gasteiger partial charge in [0.1, 0.15) is 5.03 Å². The van der Waals surface area contributed by atoms with Crippen molar-refractivity contribution < 1.29 is 31.1 Å². The number of amides is 1. The molecule has 31 heavy (non-hydrogen) atoms. The molecule has 0 unspecified atom stereocenters. The Morgan fingerprint density at radius 1 is 0.871 bits per heavy atom. The zero-order chi connectivity index (χ0) is 22.6. The van der Waals surface area contributed by atoms with Crippen LogP contribution in [0.15, 0.2) is 59.9 Å². The van der Waals surface area contributed by atoms with E-state index in [0.717, 1.165) is 17.3 Å². The van der Waals surface area contributed by atoms with Gasteiger partial charge in [-0.3, -0.25) is 9.78 Å². The highest BCUT2D eigenvalue weighted by Gasteiger charge is 2.37. The van der Waals surface area contributed by atoms with E-state index >= 15 is 0 Å². The van der Waals surface area contributed by atoms with Gasteiger partial charge in [0.05, 0.1) is 22.6 Å². The molecule has 1 amide bonds. The predicted octanol–water partition coefficient (Wildman–Crippen LogP) is 5.31. The molecule has 0 aliphatic rings. The highest BCUT2D eigenvalue weighted by Crippen LogP contribution is 2.37. The fourth-order valence-electron chi connectivity index (χ4n) is 2.44. The molecule has 2 aromatic heterocycles. The average molecular weight is 458 g/mol. The Bertz CT molecular complexity index is 1020. The summed E-state index contributed by atoms with van der Waals surface area (Å²) in [6.07, 6.45) is -6.83. The molecular formula is C19H12F6N4OS. The average Bonchev–Trinajstić information content (AvgIpc) is 2.72. The van der Waals surface area contributed by atoms with Crippen molar-refractivity contribution in [2.24, 2.45) is 0 Å². The number of carbonyl (C=O) groups excluding carboxylic acids is 1. The number of hydrogen-bond donors (Lipinski definition) is 1. The summed E-state index contributed by atoms with van der Waals surface area (Å²) in [5.74, 6) is -1.08. The third kappa shape index (κ3) is 6.17. The minimum absolute atomic E-state index is 0.00957. The minimum atomic E-state index is -5.00. The van der Waals surface area contributed by atoms with E-state index < -0.39 is 35.1 Å². The third-order valence-electron chi connectivity index (χ3n) is 3.84. The third-order valence-corrected chi connectivity index (χ3v) is 4.76. The number of benzene rings is 1. The van der Waals surface area contributed by atoms with Crippen LogP contribution in [0.3, 0.4) is 0 Å². The highest BCUT2D eigenvalue weighted by molar-refractivity contribution is 7.99. The number of aromatic nitrogens is 3. The SMILES string of the molecule is O=C(CSc1ccc(-c2ccncc2)nn1)Nc1cc(C(F)(F)F)cc(C(F)(F)F)c1. The van der Waals surface area contributed by atoms with E-state index in [4.69, 9.17) is 0 Å². The fraction of sp³-hybridized carbons (Fsp3) is 0.158. The second-order valence-corrected chi connectivity index (χ2v) is 7.12. The predicted molar refractivity (Wildman–Crippen MR) is 101 cm³/mol. The zero-order valence-corrected chi connectivity index (χ0v) is 16.1. The normalized spacial score (nSPS) is 11.9. The number of carbonyl (C=O) groups is 1. The lowest BCUT2D eigenvalue weighted by molar-refractivity contribution is -0.143. The zero-order valence-electron chi connectivity index (χ0n) is 15.3. The lowest BCUT2D eigenvalue weighted by atomic mass is 10.1. The first kappa shape index (κ1) is 22.5. The molecule has 0 spiro atoms. The van der Waals surface area contributed by atoms with Gasteiger partial charge in [0.25, 0.3) is 0 Å². The van der Waals surface area contributed by atoms with Crippen LogP contribution in [0.25, 0.3) is 11.3 Å². The van der Waals surface area contributed by atoms with Crippen LogP contribution in [0, 0.1) is 0 Å². The van der Waals surface area contributed by atoms with Gasteiger partial charge in [-0.25, -0.2) is 0 Å². The lowest BCUT2D eigenvalue weighted by Gasteiger charge is -2.14. The summed E-state index contributed by atoms with van der Waals surface area (Å²) in [4.78, 5) is 15.9. The van der Waals surface area contributed by atoms with Crippen molar-refractivity contribution in [3.05, 3.63) is 66.0 Å². The number of nitrogens with one attached hydrogen (secondary N) is 1. The van der Waals surface area contributed by atoms with E-state index in [0.29, 0.717) is 22.9 Å². The van der Waals surface area contributed by atoms with Crippen molar-refractivity contribution in [3.8, 4) is 11.3 Å². The molecule has 0 fully saturated rings. The van der Waals surface area contributed by atoms with Crippen LogP contribution in [0.1, 0.15) is 11.1 Å². The smallest absolute Gasteiger partial charge is 0.325 e. The molecule has 0 saturated heterocycles. The first-order valence-corrected chi connectivity index (χ1v) is 9.47. The molecule has 12 heteroatoms. The Labute approximate surface area is 175 Å². The summed E-state index contributed by atoms with van der Waals surface area (Å²) in [5.41, 5.74) is -2.28. The Kier molecular flexibility index (Phi) is 6.48. The quantitative estimate of drug-likeness (QED) is 0.415. The molecule has 0 aliphatic carbocycles. The van der Waals surface area contributed by atoms with Gasteiger partial charge in [0.2, 0.25) is 5.91 Å². The van der Waals surface area contributed by atoms with Gasteiger partial charge in [-0.1, -0.05) is 11.8 Å². The maximum absolute atomic E-state index is 12.9. The largest absolute Gasteiger partial charge is 0.416 e. The van der Waals surface area contributed by atoms with Crippen molar-refractivity contribution in [2.45, 2.75) is 17.4 Å². The van der Waals surface area contributed by atoms with Crippen LogP contribution in [-0.2, 0) is 17.1 Å². The summed E-state index contributed by atoms with van der Waals surface area (Å²) < 4.78 is 77.4. The molecule has 1 N–H and O–H groups in total. The van der Waals surface area contributed by atoms with E-state index in [2.05, 4.69) is 20.5 Å². The maximum atomic E-state index is 12.9. The van der Waals surface area contributed by atoms with Crippen LogP contribution in [-0.4, -0.2) is 26.8 Å². The van der Waals surface area contributed by atoms with Crippen LogP contribution in [0.4, 0.5) is 32.0 Å². The second kappa shape index (κ2) is 8.92. The monoisotopic (exact) mass is 458 g/mol. The van der Waals surface area contributed by atoms with Crippen LogP contribution >= 0.6 is 11.8 Å². The van der Waals surface area contributed by atoms with Gasteiger partial charge in [-0.05, 0) is 42.5 Å². The second-order valence-electron chi connectivity index (χ2n) is 6.12. The van der Waals surface area contributed by atoms with Gasteiger partial charge in [-0.2, -0.15) is 26.3 Å². The van der Waals surface area contributed by atoms with Crippen molar-refractivity contribution in [3.63, 3.8) is 0 Å². The summed E-state index contributed by atoms with van der Waals surface area (Å²) in [5, 5.41) is 10.4. The number of thioether (sulfide) groups is 1. The number of pyridine rings is 1. The molecule has 0 radical (unpaired) electrons. The molecular weight excluding hydrogens is 446 g/mol.